The molecular weight excluding hydrogens is 720 g/mol. The van der Waals surface area contributed by atoms with E-state index in [-0.39, 0.29) is 29.3 Å². The number of amides is 1. The van der Waals surface area contributed by atoms with E-state index >= 15 is 0 Å². The second kappa shape index (κ2) is 19.4. The molecule has 55 heavy (non-hydrogen) atoms. The summed E-state index contributed by atoms with van der Waals surface area (Å²) in [6.45, 7) is 28.1. The Labute approximate surface area is 330 Å². The van der Waals surface area contributed by atoms with Crippen molar-refractivity contribution in [3.8, 4) is 0 Å². The molecule has 16 heteroatoms. The molecule has 2 aromatic rings. The van der Waals surface area contributed by atoms with Crippen molar-refractivity contribution in [2.45, 2.75) is 145 Å². The summed E-state index contributed by atoms with van der Waals surface area (Å²) in [5.41, 5.74) is 5.55. The van der Waals surface area contributed by atoms with Gasteiger partial charge in [-0.1, -0.05) is 82.1 Å². The molecule has 2 saturated heterocycles. The van der Waals surface area contributed by atoms with Crippen LogP contribution < -0.4 is 21.9 Å². The van der Waals surface area contributed by atoms with Crippen molar-refractivity contribution < 1.29 is 28.2 Å². The van der Waals surface area contributed by atoms with Crippen molar-refractivity contribution in [2.24, 2.45) is 47.3 Å². The molecule has 0 saturated carbocycles. The zero-order chi connectivity index (χ0) is 40.8. The molecule has 12 atom stereocenters. The van der Waals surface area contributed by atoms with Gasteiger partial charge in [-0.3, -0.25) is 0 Å². The molecule has 9 unspecified atom stereocenters. The average Bonchev–Trinajstić information content (AvgIpc) is 3.73. The quantitative estimate of drug-likeness (QED) is 0.0605. The molecule has 2 aliphatic rings. The molecule has 0 spiro atoms. The maximum atomic E-state index is 13.2. The number of nitrogens with one attached hydrogen (secondary N) is 3. The van der Waals surface area contributed by atoms with Gasteiger partial charge in [0.1, 0.15) is 0 Å². The summed E-state index contributed by atoms with van der Waals surface area (Å²) in [6.07, 6.45) is 3.66. The zero-order valence-corrected chi connectivity index (χ0v) is 36.7. The van der Waals surface area contributed by atoms with Crippen LogP contribution in [0.25, 0.3) is 11.2 Å². The Bertz CT molecular complexity index is 1570. The topological polar surface area (TPSA) is 188 Å². The molecule has 4 heterocycles. The molecule has 0 radical (unpaired) electrons. The van der Waals surface area contributed by atoms with Crippen LogP contribution in [0.5, 0.6) is 0 Å². The van der Waals surface area contributed by atoms with Crippen LogP contribution in [-0.2, 0) is 18.5 Å². The Morgan fingerprint density at radius 1 is 1.04 bits per heavy atom. The number of alkyl carbamates (subject to hydrolysis) is 1. The van der Waals surface area contributed by atoms with Crippen molar-refractivity contribution in [3.05, 3.63) is 16.7 Å². The summed E-state index contributed by atoms with van der Waals surface area (Å²) < 4.78 is 25.0. The predicted octanol–water partition coefficient (Wildman–Crippen LogP) is 5.96. The minimum absolute atomic E-state index is 0.0000749. The zero-order valence-electron chi connectivity index (χ0n) is 35.7. The number of carbonyl (C=O) groups excluding carboxylic acids is 1. The van der Waals surface area contributed by atoms with Gasteiger partial charge in [-0.25, -0.2) is 0 Å². The number of imidazole rings is 1. The molecule has 0 aromatic carbocycles. The number of rotatable bonds is 20. The standard InChI is InChI=1S/C39H73BN7O7P/c1-12-22(3)24(5)26(7)28(9)39(11,29(10)27(8)25(6)23(4)13-2)44-19-17-15-14-16-18-42-38(49)53-33-32-30(20-51-55(40,50)54-32)52-36(33)47-21-43-31-34(47)45-37(41)46-35(31)48/h21-30,32-33,36,44,50,55H,12-20,40H2,1-11H3,(H,42,49)(H3,41,45,46,48)/t22?,23?,24?,25?,26?,27?,28?,29?,30-,32+,33?,36-,39?/m1/s1. The van der Waals surface area contributed by atoms with E-state index in [1.807, 2.05) is 0 Å². The Hall–Kier alpha value is -2.29. The first-order chi connectivity index (χ1) is 25.9. The van der Waals surface area contributed by atoms with E-state index in [0.717, 1.165) is 32.2 Å². The number of anilines is 1. The third kappa shape index (κ3) is 10.6. The fourth-order valence-corrected chi connectivity index (χ4v) is 10.2. The van der Waals surface area contributed by atoms with Gasteiger partial charge in [0.05, 0.1) is 0 Å². The van der Waals surface area contributed by atoms with Crippen molar-refractivity contribution in [2.75, 3.05) is 25.4 Å². The van der Waals surface area contributed by atoms with Crippen molar-refractivity contribution in [3.63, 3.8) is 0 Å². The third-order valence-electron chi connectivity index (χ3n) is 14.2. The summed E-state index contributed by atoms with van der Waals surface area (Å²) in [6, 6.07) is 0. The summed E-state index contributed by atoms with van der Waals surface area (Å²) in [7, 11) is -1.97. The molecule has 2 aromatic heterocycles. The first-order valence-electron chi connectivity index (χ1n) is 21.0. The van der Waals surface area contributed by atoms with E-state index in [9.17, 15) is 14.5 Å². The number of hydrogen-bond acceptors (Lipinski definition) is 11. The van der Waals surface area contributed by atoms with Gasteiger partial charge in [0.25, 0.3) is 0 Å². The molecule has 4 rings (SSSR count). The Morgan fingerprint density at radius 2 is 1.62 bits per heavy atom. The number of aromatic nitrogens is 4. The number of H-pyrrole nitrogens is 1. The number of unbranched alkanes of at least 4 members (excludes halogenated alkanes) is 3. The fourth-order valence-electron chi connectivity index (χ4n) is 8.82. The van der Waals surface area contributed by atoms with Gasteiger partial charge in [-0.2, -0.15) is 0 Å². The van der Waals surface area contributed by atoms with Gasteiger partial charge in [0.2, 0.25) is 0 Å². The number of fused-ring (bicyclic) bond motifs is 2. The van der Waals surface area contributed by atoms with Gasteiger partial charge < -0.3 is 5.32 Å². The second-order valence-corrected chi connectivity index (χ2v) is 19.7. The van der Waals surface area contributed by atoms with Crippen LogP contribution in [0.2, 0.25) is 0 Å². The van der Waals surface area contributed by atoms with Crippen LogP contribution in [0.15, 0.2) is 11.1 Å². The molecule has 6 N–H and O–H groups in total. The van der Waals surface area contributed by atoms with E-state index in [0.29, 0.717) is 53.9 Å². The summed E-state index contributed by atoms with van der Waals surface area (Å²) in [5.74, 6) is 4.81. The number of aromatic amines is 1. The summed E-state index contributed by atoms with van der Waals surface area (Å²) >= 11 is 0. The monoisotopic (exact) mass is 794 g/mol. The van der Waals surface area contributed by atoms with Crippen LogP contribution in [0.1, 0.15) is 121 Å². The second-order valence-electron chi connectivity index (χ2n) is 17.3. The molecule has 314 valence electrons. The fraction of sp³-hybridized carbons (Fsp3) is 0.846. The Balaban J connectivity index is 1.32. The first kappa shape index (κ1) is 45.4. The number of hydrogen-bond donors (Lipinski definition) is 5. The average molecular weight is 794 g/mol. The molecule has 1 amide bonds. The van der Waals surface area contributed by atoms with E-state index in [2.05, 4.69) is 102 Å². The minimum atomic E-state index is -3.47. The number of ether oxygens (including phenoxy) is 2. The van der Waals surface area contributed by atoms with Gasteiger partial charge in [-0.05, 0) is 54.3 Å². The molecular formula is C39H73BN7O7P. The predicted molar refractivity (Wildman–Crippen MR) is 223 cm³/mol. The van der Waals surface area contributed by atoms with Gasteiger partial charge in [0, 0.05) is 5.54 Å². The molecule has 0 aliphatic carbocycles. The van der Waals surface area contributed by atoms with Crippen molar-refractivity contribution in [1.82, 2.24) is 30.2 Å². The SMILES string of the molecule is B[PH]1(O)OC[C@H]2O[C@@H](n3cnc4c(=O)[nH]c(N)nc43)C(OC(=O)NCCCCCCNC(C)(C(C)C(C)C(C)C(C)CC)C(C)C(C)C(C)C(C)CC)[C@H]2O1. The first-order valence-corrected chi connectivity index (χ1v) is 23.2. The summed E-state index contributed by atoms with van der Waals surface area (Å²) in [5, 5.41) is 7.00. The Morgan fingerprint density at radius 3 is 2.20 bits per heavy atom. The van der Waals surface area contributed by atoms with E-state index in [1.54, 1.807) is 0 Å². The van der Waals surface area contributed by atoms with Crippen LogP contribution in [0, 0.1) is 47.3 Å². The molecule has 2 fully saturated rings. The Kier molecular flexibility index (Phi) is 16.1. The van der Waals surface area contributed by atoms with Gasteiger partial charge >= 0.3 is 184 Å². The van der Waals surface area contributed by atoms with Crippen molar-refractivity contribution in [1.29, 1.82) is 0 Å². The van der Waals surface area contributed by atoms with Crippen LogP contribution in [-0.4, -0.2) is 81.6 Å². The van der Waals surface area contributed by atoms with Gasteiger partial charge in [-0.15, -0.1) is 0 Å². The number of nitrogens with two attached hydrogens (primary N) is 1. The normalized spacial score (nSPS) is 27.1. The van der Waals surface area contributed by atoms with Gasteiger partial charge in [0.15, 0.2) is 0 Å². The van der Waals surface area contributed by atoms with E-state index in [4.69, 9.17) is 24.3 Å². The number of nitrogens with zero attached hydrogens (tertiary/aromatic N) is 3. The number of carbonyl (C=O) groups is 1. The van der Waals surface area contributed by atoms with Crippen LogP contribution in [0.3, 0.4) is 0 Å². The molecule has 0 bridgehead atoms. The van der Waals surface area contributed by atoms with Crippen LogP contribution >= 0.6 is 7.82 Å². The molecule has 2 aliphatic heterocycles. The number of nitrogen functional groups attached to an aromatic ring is 1. The maximum absolute atomic E-state index is 13.2. The van der Waals surface area contributed by atoms with E-state index in [1.165, 1.54) is 31.3 Å². The molecule has 14 nitrogen and oxygen atoms in total. The third-order valence-corrected chi connectivity index (χ3v) is 15.6. The van der Waals surface area contributed by atoms with Crippen molar-refractivity contribution >= 4 is 38.6 Å². The van der Waals surface area contributed by atoms with E-state index < -0.39 is 44.0 Å². The van der Waals surface area contributed by atoms with Crippen LogP contribution in [0.4, 0.5) is 10.7 Å². The summed E-state index contributed by atoms with van der Waals surface area (Å²) in [4.78, 5) is 47.1.